The molecule has 0 saturated carbocycles. The Morgan fingerprint density at radius 2 is 1.20 bits per heavy atom. The van der Waals surface area contributed by atoms with Crippen LogP contribution in [-0.4, -0.2) is 20.4 Å². The van der Waals surface area contributed by atoms with Crippen LogP contribution in [0.2, 0.25) is 0 Å². The number of hydrogen-bond acceptors (Lipinski definition) is 3. The molecule has 0 heterocycles. The van der Waals surface area contributed by atoms with Gasteiger partial charge in [-0.15, -0.1) is 0 Å². The molecule has 0 spiro atoms. The van der Waals surface area contributed by atoms with Crippen molar-refractivity contribution < 1.29 is 13.2 Å². The summed E-state index contributed by atoms with van der Waals surface area (Å²) in [6.45, 7) is 1.89. The van der Waals surface area contributed by atoms with E-state index in [0.29, 0.717) is 0 Å². The van der Waals surface area contributed by atoms with Gasteiger partial charge in [-0.3, -0.25) is 4.79 Å². The number of amides is 1. The summed E-state index contributed by atoms with van der Waals surface area (Å²) in [4.78, 5) is 13.8. The van der Waals surface area contributed by atoms with E-state index in [1.54, 1.807) is 24.3 Å². The van der Waals surface area contributed by atoms with Crippen LogP contribution >= 0.6 is 0 Å². The third kappa shape index (κ3) is 6.44. The fourth-order valence-electron chi connectivity index (χ4n) is 3.90. The third-order valence-electron chi connectivity index (χ3n) is 5.78. The van der Waals surface area contributed by atoms with E-state index < -0.39 is 28.0 Å². The summed E-state index contributed by atoms with van der Waals surface area (Å²) in [5, 5.41) is 3.09. The van der Waals surface area contributed by atoms with Crippen molar-refractivity contribution in [2.24, 2.45) is 0 Å². The molecule has 2 N–H and O–H groups in total. The number of aryl methyl sites for hydroxylation is 1. The quantitative estimate of drug-likeness (QED) is 0.359. The van der Waals surface area contributed by atoms with Crippen LogP contribution in [0.15, 0.2) is 120 Å². The zero-order valence-corrected chi connectivity index (χ0v) is 20.3. The van der Waals surface area contributed by atoms with Gasteiger partial charge in [0.05, 0.1) is 10.9 Å². The number of carbonyl (C=O) groups excluding carboxylic acids is 1. The van der Waals surface area contributed by atoms with Crippen LogP contribution in [0.5, 0.6) is 0 Å². The van der Waals surface area contributed by atoms with Crippen LogP contribution in [0, 0.1) is 6.92 Å². The van der Waals surface area contributed by atoms with Gasteiger partial charge in [0.15, 0.2) is 0 Å². The predicted molar refractivity (Wildman–Crippen MR) is 138 cm³/mol. The standard InChI is InChI=1S/C29H28N2O3S/c1-22-17-19-26(20-18-22)35(33,34)31-27(21-23-11-5-2-6-12-23)29(32)30-28(24-13-7-3-8-14-24)25-15-9-4-10-16-25/h2-20,27-28,31H,21H2,1H3,(H,30,32)/t27-/m1/s1. The Kier molecular flexibility index (Phi) is 7.75. The Balaban J connectivity index is 1.65. The minimum Gasteiger partial charge on any atom is -0.344 e. The summed E-state index contributed by atoms with van der Waals surface area (Å²) < 4.78 is 29.0. The van der Waals surface area contributed by atoms with E-state index in [2.05, 4.69) is 10.0 Å². The van der Waals surface area contributed by atoms with E-state index >= 15 is 0 Å². The predicted octanol–water partition coefficient (Wildman–Crippen LogP) is 4.79. The molecule has 4 aromatic rings. The van der Waals surface area contributed by atoms with Crippen molar-refractivity contribution >= 4 is 15.9 Å². The number of carbonyl (C=O) groups is 1. The smallest absolute Gasteiger partial charge is 0.241 e. The van der Waals surface area contributed by atoms with Crippen LogP contribution in [0.25, 0.3) is 0 Å². The Morgan fingerprint density at radius 1 is 0.714 bits per heavy atom. The molecule has 5 nitrogen and oxygen atoms in total. The van der Waals surface area contributed by atoms with Gasteiger partial charge in [-0.1, -0.05) is 109 Å². The van der Waals surface area contributed by atoms with Crippen molar-refractivity contribution in [2.45, 2.75) is 30.3 Å². The third-order valence-corrected chi connectivity index (χ3v) is 7.27. The normalized spacial score (nSPS) is 12.3. The van der Waals surface area contributed by atoms with E-state index in [1.165, 1.54) is 0 Å². The first-order chi connectivity index (χ1) is 16.9. The van der Waals surface area contributed by atoms with Crippen molar-refractivity contribution in [3.8, 4) is 0 Å². The van der Waals surface area contributed by atoms with Gasteiger partial charge >= 0.3 is 0 Å². The summed E-state index contributed by atoms with van der Waals surface area (Å²) >= 11 is 0. The Morgan fingerprint density at radius 3 is 1.71 bits per heavy atom. The highest BCUT2D eigenvalue weighted by molar-refractivity contribution is 7.89. The molecular formula is C29H28N2O3S. The number of nitrogens with one attached hydrogen (secondary N) is 2. The molecule has 0 aliphatic rings. The molecule has 6 heteroatoms. The van der Waals surface area contributed by atoms with Crippen molar-refractivity contribution in [3.05, 3.63) is 138 Å². The maximum absolute atomic E-state index is 13.6. The molecule has 1 atom stereocenters. The van der Waals surface area contributed by atoms with Crippen LogP contribution in [0.3, 0.4) is 0 Å². The lowest BCUT2D eigenvalue weighted by atomic mass is 9.97. The molecule has 0 saturated heterocycles. The van der Waals surface area contributed by atoms with Crippen LogP contribution in [0.1, 0.15) is 28.3 Å². The number of benzene rings is 4. The summed E-state index contributed by atoms with van der Waals surface area (Å²) in [7, 11) is -3.92. The fraction of sp³-hybridized carbons (Fsp3) is 0.138. The fourth-order valence-corrected chi connectivity index (χ4v) is 5.10. The van der Waals surface area contributed by atoms with Gasteiger partial charge in [0.25, 0.3) is 0 Å². The van der Waals surface area contributed by atoms with Crippen molar-refractivity contribution in [1.29, 1.82) is 0 Å². The van der Waals surface area contributed by atoms with Crippen LogP contribution in [-0.2, 0) is 21.2 Å². The van der Waals surface area contributed by atoms with Crippen molar-refractivity contribution in [2.75, 3.05) is 0 Å². The van der Waals surface area contributed by atoms with Crippen LogP contribution < -0.4 is 10.0 Å². The van der Waals surface area contributed by atoms with E-state index in [-0.39, 0.29) is 11.3 Å². The zero-order valence-electron chi connectivity index (χ0n) is 19.5. The minimum atomic E-state index is -3.92. The average Bonchev–Trinajstić information content (AvgIpc) is 2.88. The first kappa shape index (κ1) is 24.4. The lowest BCUT2D eigenvalue weighted by molar-refractivity contribution is -0.123. The van der Waals surface area contributed by atoms with Crippen LogP contribution in [0.4, 0.5) is 0 Å². The topological polar surface area (TPSA) is 75.3 Å². The molecule has 4 aromatic carbocycles. The SMILES string of the molecule is Cc1ccc(S(=O)(=O)N[C@H](Cc2ccccc2)C(=O)NC(c2ccccc2)c2ccccc2)cc1. The molecule has 0 radical (unpaired) electrons. The molecule has 178 valence electrons. The van der Waals surface area contributed by atoms with E-state index in [0.717, 1.165) is 22.3 Å². The zero-order chi connectivity index (χ0) is 24.7. The summed E-state index contributed by atoms with van der Waals surface area (Å²) in [6, 6.07) is 33.8. The summed E-state index contributed by atoms with van der Waals surface area (Å²) in [5.74, 6) is -0.401. The molecule has 0 aliphatic heterocycles. The van der Waals surface area contributed by atoms with Gasteiger partial charge in [0.2, 0.25) is 15.9 Å². The van der Waals surface area contributed by atoms with E-state index in [4.69, 9.17) is 0 Å². The second-order valence-corrected chi connectivity index (χ2v) is 10.2. The van der Waals surface area contributed by atoms with Gasteiger partial charge in [0, 0.05) is 0 Å². The maximum atomic E-state index is 13.6. The lowest BCUT2D eigenvalue weighted by Gasteiger charge is -2.24. The van der Waals surface area contributed by atoms with E-state index in [1.807, 2.05) is 97.9 Å². The second kappa shape index (κ2) is 11.1. The highest BCUT2D eigenvalue weighted by Gasteiger charge is 2.28. The number of sulfonamides is 1. The molecular weight excluding hydrogens is 456 g/mol. The lowest BCUT2D eigenvalue weighted by Crippen LogP contribution is -2.49. The molecule has 0 aromatic heterocycles. The van der Waals surface area contributed by atoms with E-state index in [9.17, 15) is 13.2 Å². The Labute approximate surface area is 206 Å². The molecule has 0 aliphatic carbocycles. The summed E-state index contributed by atoms with van der Waals surface area (Å²) in [6.07, 6.45) is 0.216. The minimum absolute atomic E-state index is 0.122. The molecule has 0 bridgehead atoms. The molecule has 4 rings (SSSR count). The Hall–Kier alpha value is -3.74. The van der Waals surface area contributed by atoms with Gasteiger partial charge in [0.1, 0.15) is 6.04 Å². The molecule has 0 fully saturated rings. The average molecular weight is 485 g/mol. The Bertz CT molecular complexity index is 1300. The highest BCUT2D eigenvalue weighted by Crippen LogP contribution is 2.22. The molecule has 0 unspecified atom stereocenters. The molecule has 35 heavy (non-hydrogen) atoms. The monoisotopic (exact) mass is 484 g/mol. The second-order valence-electron chi connectivity index (χ2n) is 8.44. The van der Waals surface area contributed by atoms with Gasteiger partial charge in [-0.25, -0.2) is 8.42 Å². The number of hydrogen-bond donors (Lipinski definition) is 2. The number of rotatable bonds is 9. The van der Waals surface area contributed by atoms with Crippen molar-refractivity contribution in [3.63, 3.8) is 0 Å². The van der Waals surface area contributed by atoms with Gasteiger partial charge in [-0.05, 0) is 42.2 Å². The maximum Gasteiger partial charge on any atom is 0.241 e. The summed E-state index contributed by atoms with van der Waals surface area (Å²) in [5.41, 5.74) is 3.63. The van der Waals surface area contributed by atoms with Gasteiger partial charge < -0.3 is 5.32 Å². The largest absolute Gasteiger partial charge is 0.344 e. The highest BCUT2D eigenvalue weighted by atomic mass is 32.2. The molecule has 1 amide bonds. The first-order valence-corrected chi connectivity index (χ1v) is 12.9. The van der Waals surface area contributed by atoms with Gasteiger partial charge in [-0.2, -0.15) is 4.72 Å². The first-order valence-electron chi connectivity index (χ1n) is 11.5. The van der Waals surface area contributed by atoms with Crippen molar-refractivity contribution in [1.82, 2.24) is 10.0 Å².